The number of nitrogens with zero attached hydrogens (tertiary/aromatic N) is 1. The molecular weight excluding hydrogens is 186 g/mol. The van der Waals surface area contributed by atoms with E-state index in [1.807, 2.05) is 12.3 Å². The first-order chi connectivity index (χ1) is 7.31. The second kappa shape index (κ2) is 4.75. The van der Waals surface area contributed by atoms with E-state index in [4.69, 9.17) is 5.11 Å². The molecule has 1 aliphatic carbocycles. The average molecular weight is 205 g/mol. The Morgan fingerprint density at radius 3 is 3.27 bits per heavy atom. The van der Waals surface area contributed by atoms with Crippen LogP contribution in [0, 0.1) is 5.92 Å². The van der Waals surface area contributed by atoms with Crippen molar-refractivity contribution in [2.75, 3.05) is 6.61 Å². The molecule has 15 heavy (non-hydrogen) atoms. The van der Waals surface area contributed by atoms with E-state index in [2.05, 4.69) is 18.0 Å². The van der Waals surface area contributed by atoms with Crippen molar-refractivity contribution >= 4 is 0 Å². The number of rotatable bonds is 3. The molecule has 0 saturated heterocycles. The largest absolute Gasteiger partial charge is 0.396 e. The van der Waals surface area contributed by atoms with Crippen molar-refractivity contribution in [3.8, 4) is 0 Å². The van der Waals surface area contributed by atoms with Gasteiger partial charge >= 0.3 is 0 Å². The maximum absolute atomic E-state index is 9.09. The van der Waals surface area contributed by atoms with Crippen molar-refractivity contribution < 1.29 is 5.11 Å². The summed E-state index contributed by atoms with van der Waals surface area (Å²) in [5.74, 6) is 0.958. The molecule has 1 N–H and O–H groups in total. The SMILES string of the molecule is CC(CO)CC1CCCc2cccnc21. The van der Waals surface area contributed by atoms with Crippen LogP contribution < -0.4 is 0 Å². The van der Waals surface area contributed by atoms with Crippen LogP contribution in [0.25, 0.3) is 0 Å². The van der Waals surface area contributed by atoms with E-state index in [1.54, 1.807) is 0 Å². The molecule has 0 bridgehead atoms. The highest BCUT2D eigenvalue weighted by atomic mass is 16.3. The number of hydrogen-bond acceptors (Lipinski definition) is 2. The van der Waals surface area contributed by atoms with Gasteiger partial charge in [-0.3, -0.25) is 4.98 Å². The van der Waals surface area contributed by atoms with Gasteiger partial charge in [0.2, 0.25) is 0 Å². The molecule has 0 radical (unpaired) electrons. The normalized spacial score (nSPS) is 22.1. The minimum absolute atomic E-state index is 0.290. The van der Waals surface area contributed by atoms with Gasteiger partial charge in [0.05, 0.1) is 0 Å². The van der Waals surface area contributed by atoms with Gasteiger partial charge in [0, 0.05) is 24.4 Å². The lowest BCUT2D eigenvalue weighted by atomic mass is 9.82. The predicted molar refractivity (Wildman–Crippen MR) is 60.8 cm³/mol. The molecule has 0 aromatic carbocycles. The van der Waals surface area contributed by atoms with Gasteiger partial charge < -0.3 is 5.11 Å². The van der Waals surface area contributed by atoms with Crippen molar-refractivity contribution in [3.63, 3.8) is 0 Å². The maximum Gasteiger partial charge on any atom is 0.0466 e. The van der Waals surface area contributed by atoms with Crippen LogP contribution >= 0.6 is 0 Å². The van der Waals surface area contributed by atoms with Gasteiger partial charge in [-0.05, 0) is 43.2 Å². The summed E-state index contributed by atoms with van der Waals surface area (Å²) in [5, 5.41) is 9.09. The quantitative estimate of drug-likeness (QED) is 0.822. The van der Waals surface area contributed by atoms with Gasteiger partial charge in [0.15, 0.2) is 0 Å². The molecule has 2 atom stereocenters. The number of pyridine rings is 1. The Hall–Kier alpha value is -0.890. The molecule has 1 aliphatic rings. The zero-order valence-corrected chi connectivity index (χ0v) is 9.32. The molecule has 82 valence electrons. The van der Waals surface area contributed by atoms with E-state index in [1.165, 1.54) is 30.5 Å². The van der Waals surface area contributed by atoms with Crippen molar-refractivity contribution in [2.45, 2.75) is 38.5 Å². The Morgan fingerprint density at radius 2 is 2.47 bits per heavy atom. The molecule has 2 nitrogen and oxygen atoms in total. The summed E-state index contributed by atoms with van der Waals surface area (Å²) in [7, 11) is 0. The summed E-state index contributed by atoms with van der Waals surface area (Å²) in [6, 6.07) is 4.22. The highest BCUT2D eigenvalue weighted by Crippen LogP contribution is 2.34. The standard InChI is InChI=1S/C13H19NO/c1-10(9-15)8-12-5-2-4-11-6-3-7-14-13(11)12/h3,6-7,10,12,15H,2,4-5,8-9H2,1H3. The van der Waals surface area contributed by atoms with E-state index < -0.39 is 0 Å². The molecule has 0 saturated carbocycles. The van der Waals surface area contributed by atoms with Crippen molar-refractivity contribution in [1.29, 1.82) is 0 Å². The first-order valence-electron chi connectivity index (χ1n) is 5.86. The molecule has 2 heteroatoms. The lowest BCUT2D eigenvalue weighted by Gasteiger charge is -2.25. The van der Waals surface area contributed by atoms with Crippen LogP contribution in [0.3, 0.4) is 0 Å². The second-order valence-electron chi connectivity index (χ2n) is 4.66. The third-order valence-corrected chi connectivity index (χ3v) is 3.31. The molecule has 1 aromatic rings. The smallest absolute Gasteiger partial charge is 0.0466 e. The van der Waals surface area contributed by atoms with E-state index in [0.717, 1.165) is 6.42 Å². The lowest BCUT2D eigenvalue weighted by Crippen LogP contribution is -2.15. The van der Waals surface area contributed by atoms with Gasteiger partial charge in [-0.15, -0.1) is 0 Å². The summed E-state index contributed by atoms with van der Waals surface area (Å²) in [6.07, 6.45) is 6.63. The fraction of sp³-hybridized carbons (Fsp3) is 0.615. The lowest BCUT2D eigenvalue weighted by molar-refractivity contribution is 0.219. The topological polar surface area (TPSA) is 33.1 Å². The van der Waals surface area contributed by atoms with Crippen molar-refractivity contribution in [3.05, 3.63) is 29.6 Å². The van der Waals surface area contributed by atoms with Crippen molar-refractivity contribution in [1.82, 2.24) is 4.98 Å². The number of aryl methyl sites for hydroxylation is 1. The van der Waals surface area contributed by atoms with E-state index in [-0.39, 0.29) is 0 Å². The van der Waals surface area contributed by atoms with Crippen LogP contribution in [0.4, 0.5) is 0 Å². The van der Waals surface area contributed by atoms with E-state index >= 15 is 0 Å². The molecule has 0 aliphatic heterocycles. The molecule has 0 spiro atoms. The minimum Gasteiger partial charge on any atom is -0.396 e. The molecule has 1 aromatic heterocycles. The van der Waals surface area contributed by atoms with Crippen LogP contribution in [0.2, 0.25) is 0 Å². The number of hydrogen-bond donors (Lipinski definition) is 1. The van der Waals surface area contributed by atoms with Crippen LogP contribution in [0.5, 0.6) is 0 Å². The Labute approximate surface area is 91.4 Å². The molecule has 1 heterocycles. The second-order valence-corrected chi connectivity index (χ2v) is 4.66. The summed E-state index contributed by atoms with van der Waals surface area (Å²) >= 11 is 0. The summed E-state index contributed by atoms with van der Waals surface area (Å²) in [5.41, 5.74) is 2.70. The van der Waals surface area contributed by atoms with E-state index in [9.17, 15) is 0 Å². The van der Waals surface area contributed by atoms with Gasteiger partial charge in [-0.25, -0.2) is 0 Å². The Kier molecular flexibility index (Phi) is 3.37. The fourth-order valence-electron chi connectivity index (χ4n) is 2.50. The van der Waals surface area contributed by atoms with Crippen LogP contribution in [0.15, 0.2) is 18.3 Å². The fourth-order valence-corrected chi connectivity index (χ4v) is 2.50. The van der Waals surface area contributed by atoms with Crippen LogP contribution in [-0.4, -0.2) is 16.7 Å². The summed E-state index contributed by atoms with van der Waals surface area (Å²) in [6.45, 7) is 2.40. The Morgan fingerprint density at radius 1 is 1.60 bits per heavy atom. The van der Waals surface area contributed by atoms with Gasteiger partial charge in [0.25, 0.3) is 0 Å². The van der Waals surface area contributed by atoms with Crippen LogP contribution in [-0.2, 0) is 6.42 Å². The van der Waals surface area contributed by atoms with Crippen LogP contribution in [0.1, 0.15) is 43.4 Å². The summed E-state index contributed by atoms with van der Waals surface area (Å²) < 4.78 is 0. The first-order valence-corrected chi connectivity index (χ1v) is 5.86. The number of fused-ring (bicyclic) bond motifs is 1. The molecule has 2 unspecified atom stereocenters. The van der Waals surface area contributed by atoms with Gasteiger partial charge in [-0.1, -0.05) is 13.0 Å². The third-order valence-electron chi connectivity index (χ3n) is 3.31. The molecular formula is C13H19NO. The van der Waals surface area contributed by atoms with E-state index in [0.29, 0.717) is 18.4 Å². The highest BCUT2D eigenvalue weighted by Gasteiger charge is 2.22. The monoisotopic (exact) mass is 205 g/mol. The molecule has 0 fully saturated rings. The van der Waals surface area contributed by atoms with Crippen molar-refractivity contribution in [2.24, 2.45) is 5.92 Å². The maximum atomic E-state index is 9.09. The highest BCUT2D eigenvalue weighted by molar-refractivity contribution is 5.25. The third kappa shape index (κ3) is 2.37. The minimum atomic E-state index is 0.290. The Bertz CT molecular complexity index is 324. The zero-order chi connectivity index (χ0) is 10.7. The number of aromatic nitrogens is 1. The first kappa shape index (κ1) is 10.6. The zero-order valence-electron chi connectivity index (χ0n) is 9.32. The Balaban J connectivity index is 2.15. The van der Waals surface area contributed by atoms with Gasteiger partial charge in [0.1, 0.15) is 0 Å². The molecule has 0 amide bonds. The number of aliphatic hydroxyl groups is 1. The van der Waals surface area contributed by atoms with Gasteiger partial charge in [-0.2, -0.15) is 0 Å². The predicted octanol–water partition coefficient (Wildman–Crippen LogP) is 2.52. The summed E-state index contributed by atoms with van der Waals surface area (Å²) in [4.78, 5) is 4.51. The average Bonchev–Trinajstić information content (AvgIpc) is 2.29. The number of aliphatic hydroxyl groups excluding tert-OH is 1. The molecule has 2 rings (SSSR count).